The first-order valence-corrected chi connectivity index (χ1v) is 10.9. The number of amides is 1. The zero-order chi connectivity index (χ0) is 20.4. The molecule has 1 amide bonds. The molecule has 156 valence electrons. The number of halogens is 1. The molecule has 2 saturated carbocycles. The standard InChI is InChI=1S/C22H27ClN2O4/c23-18-5-2-6-19(13-18)24-7-9-25(10-8-24)20(26)14-29-22(28)17-11-15-3-1-4-16(12-17)21(15)27/h2,5-6,13,15-17H,1,3-4,7-12,14H2/t15-,16+,17?. The number of esters is 1. The molecule has 0 aromatic heterocycles. The Morgan fingerprint density at radius 1 is 1.07 bits per heavy atom. The minimum absolute atomic E-state index is 0.00955. The lowest BCUT2D eigenvalue weighted by Gasteiger charge is -2.37. The Bertz CT molecular complexity index is 775. The molecule has 6 nitrogen and oxygen atoms in total. The monoisotopic (exact) mass is 418 g/mol. The Morgan fingerprint density at radius 3 is 2.41 bits per heavy atom. The van der Waals surface area contributed by atoms with Crippen LogP contribution < -0.4 is 4.90 Å². The number of benzene rings is 1. The summed E-state index contributed by atoms with van der Waals surface area (Å²) in [6.45, 7) is 2.40. The van der Waals surface area contributed by atoms with E-state index in [-0.39, 0.29) is 36.2 Å². The van der Waals surface area contributed by atoms with Crippen molar-refractivity contribution in [2.24, 2.45) is 17.8 Å². The molecule has 1 aromatic carbocycles. The summed E-state index contributed by atoms with van der Waals surface area (Å²) in [4.78, 5) is 41.1. The predicted octanol–water partition coefficient (Wildman–Crippen LogP) is 2.93. The van der Waals surface area contributed by atoms with E-state index in [0.717, 1.165) is 24.9 Å². The molecular weight excluding hydrogens is 392 g/mol. The quantitative estimate of drug-likeness (QED) is 0.703. The lowest BCUT2D eigenvalue weighted by molar-refractivity contribution is -0.159. The van der Waals surface area contributed by atoms with Crippen molar-refractivity contribution in [3.8, 4) is 0 Å². The highest BCUT2D eigenvalue weighted by Gasteiger charge is 2.42. The Morgan fingerprint density at radius 2 is 1.76 bits per heavy atom. The molecule has 3 atom stereocenters. The molecular formula is C22H27ClN2O4. The van der Waals surface area contributed by atoms with E-state index in [1.807, 2.05) is 24.3 Å². The number of anilines is 1. The Hall–Kier alpha value is -2.08. The third kappa shape index (κ3) is 4.58. The van der Waals surface area contributed by atoms with E-state index < -0.39 is 0 Å². The minimum Gasteiger partial charge on any atom is -0.455 e. The van der Waals surface area contributed by atoms with E-state index in [1.54, 1.807) is 4.90 Å². The SMILES string of the molecule is O=C(OCC(=O)N1CCN(c2cccc(Cl)c2)CC1)C1C[C@H]2CCC[C@@H](C1)C2=O. The van der Waals surface area contributed by atoms with Crippen molar-refractivity contribution in [3.05, 3.63) is 29.3 Å². The number of rotatable bonds is 4. The molecule has 1 aliphatic heterocycles. The first-order valence-electron chi connectivity index (χ1n) is 10.5. The molecule has 0 radical (unpaired) electrons. The van der Waals surface area contributed by atoms with Crippen molar-refractivity contribution >= 4 is 34.9 Å². The van der Waals surface area contributed by atoms with Crippen LogP contribution in [0.3, 0.4) is 0 Å². The zero-order valence-electron chi connectivity index (χ0n) is 16.5. The van der Waals surface area contributed by atoms with Gasteiger partial charge in [0.25, 0.3) is 5.91 Å². The van der Waals surface area contributed by atoms with Crippen LogP contribution in [-0.4, -0.2) is 55.3 Å². The summed E-state index contributed by atoms with van der Waals surface area (Å²) in [7, 11) is 0. The van der Waals surface area contributed by atoms with Crippen LogP contribution >= 0.6 is 11.6 Å². The van der Waals surface area contributed by atoms with Gasteiger partial charge in [0.1, 0.15) is 5.78 Å². The number of hydrogen-bond acceptors (Lipinski definition) is 5. The maximum Gasteiger partial charge on any atom is 0.309 e. The van der Waals surface area contributed by atoms with Gasteiger partial charge in [-0.15, -0.1) is 0 Å². The fraction of sp³-hybridized carbons (Fsp3) is 0.591. The summed E-state index contributed by atoms with van der Waals surface area (Å²) in [5.74, 6) is -0.369. The first-order chi connectivity index (χ1) is 14.0. The number of Topliss-reactive ketones (excluding diaryl/α,β-unsaturated/α-hetero) is 1. The number of ether oxygens (including phenoxy) is 1. The second kappa shape index (κ2) is 8.74. The fourth-order valence-corrected chi connectivity index (χ4v) is 5.09. The Labute approximate surface area is 176 Å². The van der Waals surface area contributed by atoms with Crippen molar-refractivity contribution < 1.29 is 19.1 Å². The highest BCUT2D eigenvalue weighted by Crippen LogP contribution is 2.40. The molecule has 0 spiro atoms. The summed E-state index contributed by atoms with van der Waals surface area (Å²) < 4.78 is 5.35. The van der Waals surface area contributed by atoms with Gasteiger partial charge in [-0.25, -0.2) is 0 Å². The van der Waals surface area contributed by atoms with Gasteiger partial charge < -0.3 is 14.5 Å². The minimum atomic E-state index is -0.319. The van der Waals surface area contributed by atoms with Crippen molar-refractivity contribution in [2.75, 3.05) is 37.7 Å². The molecule has 1 aromatic rings. The van der Waals surface area contributed by atoms with Gasteiger partial charge in [-0.1, -0.05) is 24.1 Å². The van der Waals surface area contributed by atoms with Crippen LogP contribution in [0.5, 0.6) is 0 Å². The van der Waals surface area contributed by atoms with Gasteiger partial charge in [0.2, 0.25) is 0 Å². The summed E-state index contributed by atoms with van der Waals surface area (Å²) >= 11 is 6.06. The molecule has 1 unspecified atom stereocenters. The highest BCUT2D eigenvalue weighted by atomic mass is 35.5. The number of carbonyl (C=O) groups is 3. The molecule has 7 heteroatoms. The van der Waals surface area contributed by atoms with Gasteiger partial charge in [-0.3, -0.25) is 14.4 Å². The molecule has 1 saturated heterocycles. The van der Waals surface area contributed by atoms with Gasteiger partial charge in [0, 0.05) is 48.7 Å². The maximum atomic E-state index is 12.5. The number of nitrogens with zero attached hydrogens (tertiary/aromatic N) is 2. The zero-order valence-corrected chi connectivity index (χ0v) is 17.3. The molecule has 3 fully saturated rings. The summed E-state index contributed by atoms with van der Waals surface area (Å²) in [6.07, 6.45) is 4.01. The second-order valence-electron chi connectivity index (χ2n) is 8.35. The summed E-state index contributed by atoms with van der Waals surface area (Å²) in [5, 5.41) is 0.696. The van der Waals surface area contributed by atoms with E-state index in [2.05, 4.69) is 4.90 Å². The second-order valence-corrected chi connectivity index (χ2v) is 8.79. The first kappa shape index (κ1) is 20.2. The molecule has 4 rings (SSSR count). The fourth-order valence-electron chi connectivity index (χ4n) is 4.90. The van der Waals surface area contributed by atoms with Gasteiger partial charge in [-0.2, -0.15) is 0 Å². The smallest absolute Gasteiger partial charge is 0.309 e. The molecule has 1 heterocycles. The number of carbonyl (C=O) groups excluding carboxylic acids is 3. The summed E-state index contributed by atoms with van der Waals surface area (Å²) in [6, 6.07) is 7.69. The van der Waals surface area contributed by atoms with Crippen molar-refractivity contribution in [1.29, 1.82) is 0 Å². The van der Waals surface area contributed by atoms with Crippen LogP contribution in [0.4, 0.5) is 5.69 Å². The number of ketones is 1. The highest BCUT2D eigenvalue weighted by molar-refractivity contribution is 6.30. The molecule has 3 aliphatic rings. The normalized spacial score (nSPS) is 26.9. The average molecular weight is 419 g/mol. The lowest BCUT2D eigenvalue weighted by atomic mass is 9.67. The predicted molar refractivity (Wildman–Crippen MR) is 110 cm³/mol. The van der Waals surface area contributed by atoms with E-state index in [9.17, 15) is 14.4 Å². The molecule has 2 aliphatic carbocycles. The maximum absolute atomic E-state index is 12.5. The largest absolute Gasteiger partial charge is 0.455 e. The third-order valence-electron chi connectivity index (χ3n) is 6.52. The topological polar surface area (TPSA) is 66.9 Å². The van der Waals surface area contributed by atoms with Crippen molar-refractivity contribution in [1.82, 2.24) is 4.90 Å². The van der Waals surface area contributed by atoms with Crippen LogP contribution in [0, 0.1) is 17.8 Å². The van der Waals surface area contributed by atoms with E-state index in [1.165, 1.54) is 0 Å². The van der Waals surface area contributed by atoms with Crippen LogP contribution in [0.15, 0.2) is 24.3 Å². The number of hydrogen-bond donors (Lipinski definition) is 0. The van der Waals surface area contributed by atoms with Crippen molar-refractivity contribution in [2.45, 2.75) is 32.1 Å². The summed E-state index contributed by atoms with van der Waals surface area (Å²) in [5.41, 5.74) is 1.05. The third-order valence-corrected chi connectivity index (χ3v) is 6.76. The van der Waals surface area contributed by atoms with Crippen LogP contribution in [-0.2, 0) is 19.1 Å². The van der Waals surface area contributed by atoms with E-state index in [0.29, 0.717) is 49.8 Å². The Balaban J connectivity index is 1.23. The van der Waals surface area contributed by atoms with Crippen LogP contribution in [0.2, 0.25) is 5.02 Å². The lowest BCUT2D eigenvalue weighted by Crippen LogP contribution is -2.50. The van der Waals surface area contributed by atoms with E-state index in [4.69, 9.17) is 16.3 Å². The number of piperazine rings is 1. The van der Waals surface area contributed by atoms with E-state index >= 15 is 0 Å². The number of fused-ring (bicyclic) bond motifs is 2. The average Bonchev–Trinajstić information content (AvgIpc) is 2.71. The van der Waals surface area contributed by atoms with Gasteiger partial charge in [-0.05, 0) is 43.9 Å². The van der Waals surface area contributed by atoms with Gasteiger partial charge >= 0.3 is 5.97 Å². The Kier molecular flexibility index (Phi) is 6.09. The molecule has 0 N–H and O–H groups in total. The molecule has 2 bridgehead atoms. The van der Waals surface area contributed by atoms with Crippen molar-refractivity contribution in [3.63, 3.8) is 0 Å². The van der Waals surface area contributed by atoms with Gasteiger partial charge in [0.05, 0.1) is 5.92 Å². The van der Waals surface area contributed by atoms with Crippen LogP contribution in [0.25, 0.3) is 0 Å². The van der Waals surface area contributed by atoms with Gasteiger partial charge in [0.15, 0.2) is 6.61 Å². The van der Waals surface area contributed by atoms with Crippen LogP contribution in [0.1, 0.15) is 32.1 Å². The molecule has 29 heavy (non-hydrogen) atoms.